The van der Waals surface area contributed by atoms with Crippen LogP contribution in [0.25, 0.3) is 11.1 Å². The Morgan fingerprint density at radius 2 is 1.67 bits per heavy atom. The molecule has 1 saturated heterocycles. The molecule has 3 aromatic carbocycles. The molecule has 9 nitrogen and oxygen atoms in total. The maximum atomic E-state index is 12.1. The lowest BCUT2D eigenvalue weighted by molar-refractivity contribution is -0.252. The summed E-state index contributed by atoms with van der Waals surface area (Å²) in [5.74, 6) is -0.651. The van der Waals surface area contributed by atoms with Crippen molar-refractivity contribution in [2.75, 3.05) is 20.1 Å². The van der Waals surface area contributed by atoms with Crippen LogP contribution in [0.15, 0.2) is 85.5 Å². The Bertz CT molecular complexity index is 1340. The maximum absolute atomic E-state index is 12.1. The normalized spacial score (nSPS) is 18.3. The monoisotopic (exact) mass is 587 g/mol. The summed E-state index contributed by atoms with van der Waals surface area (Å²) in [6.45, 7) is 5.74. The molecule has 3 aromatic rings. The third-order valence-electron chi connectivity index (χ3n) is 7.44. The molecule has 0 aliphatic carbocycles. The second-order valence-corrected chi connectivity index (χ2v) is 10.8. The van der Waals surface area contributed by atoms with Gasteiger partial charge in [0.2, 0.25) is 11.8 Å². The van der Waals surface area contributed by atoms with Gasteiger partial charge in [-0.05, 0) is 47.4 Å². The number of hydrogen-bond donors (Lipinski definition) is 4. The van der Waals surface area contributed by atoms with Crippen LogP contribution in [0.4, 0.5) is 0 Å². The fourth-order valence-electron chi connectivity index (χ4n) is 5.12. The van der Waals surface area contributed by atoms with Crippen LogP contribution in [0.2, 0.25) is 0 Å². The SMILES string of the molecule is C=CCN(C)C[C@@H]1C[C@H](c2ccc(CO)cc2)O[C@H](c2ccc(-c3cccc(CNC(=O)CCCC(=O)NO)c3)cc2)O1. The lowest BCUT2D eigenvalue weighted by atomic mass is 9.99. The third-order valence-corrected chi connectivity index (χ3v) is 7.44. The first-order valence-corrected chi connectivity index (χ1v) is 14.6. The average Bonchev–Trinajstić information content (AvgIpc) is 3.04. The summed E-state index contributed by atoms with van der Waals surface area (Å²) in [6.07, 6.45) is 2.55. The fraction of sp³-hybridized carbons (Fsp3) is 0.353. The maximum Gasteiger partial charge on any atom is 0.243 e. The van der Waals surface area contributed by atoms with Crippen molar-refractivity contribution in [2.24, 2.45) is 0 Å². The summed E-state index contributed by atoms with van der Waals surface area (Å²) < 4.78 is 12.9. The average molecular weight is 588 g/mol. The van der Waals surface area contributed by atoms with Crippen molar-refractivity contribution >= 4 is 11.8 Å². The molecule has 0 aromatic heterocycles. The quantitative estimate of drug-likeness (QED) is 0.122. The number of aliphatic hydroxyl groups is 1. The van der Waals surface area contributed by atoms with Crippen LogP contribution in [-0.2, 0) is 32.2 Å². The topological polar surface area (TPSA) is 120 Å². The standard InChI is InChI=1S/C34H41N3O6/c1-3-18-37(2)22-30-20-31(27-12-10-24(23-38)11-13-27)43-34(42-30)28-16-14-26(15-17-28)29-7-4-6-25(19-29)21-35-32(39)8-5-9-33(40)36-41/h3-4,6-7,10-17,19,30-31,34,38,41H,1,5,8-9,18,20-23H2,2H3,(H,35,39)(H,36,40)/t30-,31+,34+/m0/s1. The number of benzene rings is 3. The highest BCUT2D eigenvalue weighted by Gasteiger charge is 2.32. The Balaban J connectivity index is 1.42. The number of nitrogens with zero attached hydrogens (tertiary/aromatic N) is 1. The molecule has 43 heavy (non-hydrogen) atoms. The Labute approximate surface area is 253 Å². The van der Waals surface area contributed by atoms with Gasteiger partial charge in [0, 0.05) is 44.5 Å². The molecule has 0 radical (unpaired) electrons. The molecule has 1 fully saturated rings. The number of likely N-dealkylation sites (N-methyl/N-ethyl adjacent to an activating group) is 1. The molecule has 0 bridgehead atoms. The predicted molar refractivity (Wildman–Crippen MR) is 164 cm³/mol. The van der Waals surface area contributed by atoms with Gasteiger partial charge in [-0.2, -0.15) is 0 Å². The molecule has 9 heteroatoms. The number of hydroxylamine groups is 1. The first kappa shape index (κ1) is 32.1. The van der Waals surface area contributed by atoms with Gasteiger partial charge in [-0.15, -0.1) is 6.58 Å². The minimum atomic E-state index is -0.530. The van der Waals surface area contributed by atoms with Gasteiger partial charge < -0.3 is 24.8 Å². The number of amides is 2. The zero-order valence-electron chi connectivity index (χ0n) is 24.6. The molecule has 0 spiro atoms. The Kier molecular flexibility index (Phi) is 12.0. The van der Waals surface area contributed by atoms with E-state index >= 15 is 0 Å². The molecule has 1 aliphatic rings. The van der Waals surface area contributed by atoms with E-state index in [1.54, 1.807) is 5.48 Å². The minimum Gasteiger partial charge on any atom is -0.392 e. The second-order valence-electron chi connectivity index (χ2n) is 10.8. The first-order chi connectivity index (χ1) is 20.9. The summed E-state index contributed by atoms with van der Waals surface area (Å²) in [6, 6.07) is 24.0. The number of nitrogens with one attached hydrogen (secondary N) is 2. The van der Waals surface area contributed by atoms with Crippen molar-refractivity contribution in [2.45, 2.75) is 57.3 Å². The van der Waals surface area contributed by atoms with Crippen molar-refractivity contribution in [3.8, 4) is 11.1 Å². The molecule has 4 rings (SSSR count). The van der Waals surface area contributed by atoms with Crippen LogP contribution in [0.1, 0.15) is 60.3 Å². The van der Waals surface area contributed by atoms with E-state index in [1.165, 1.54) is 0 Å². The van der Waals surface area contributed by atoms with Crippen LogP contribution < -0.4 is 10.8 Å². The van der Waals surface area contributed by atoms with E-state index < -0.39 is 12.2 Å². The number of rotatable bonds is 14. The third kappa shape index (κ3) is 9.57. The van der Waals surface area contributed by atoms with Gasteiger partial charge in [-0.3, -0.25) is 14.8 Å². The number of carbonyl (C=O) groups excluding carboxylic acids is 2. The Hall–Kier alpha value is -3.86. The van der Waals surface area contributed by atoms with Gasteiger partial charge in [0.05, 0.1) is 18.8 Å². The van der Waals surface area contributed by atoms with E-state index in [-0.39, 0.29) is 37.6 Å². The van der Waals surface area contributed by atoms with Crippen LogP contribution in [0.5, 0.6) is 0 Å². The van der Waals surface area contributed by atoms with Crippen LogP contribution in [0.3, 0.4) is 0 Å². The molecule has 1 heterocycles. The number of hydrogen-bond acceptors (Lipinski definition) is 7. The zero-order chi connectivity index (χ0) is 30.6. The lowest BCUT2D eigenvalue weighted by Crippen LogP contribution is -2.37. The van der Waals surface area contributed by atoms with Crippen molar-refractivity contribution in [3.63, 3.8) is 0 Å². The van der Waals surface area contributed by atoms with E-state index in [4.69, 9.17) is 14.7 Å². The Morgan fingerprint density at radius 3 is 2.37 bits per heavy atom. The van der Waals surface area contributed by atoms with E-state index in [0.29, 0.717) is 13.0 Å². The smallest absolute Gasteiger partial charge is 0.243 e. The summed E-state index contributed by atoms with van der Waals surface area (Å²) in [4.78, 5) is 25.4. The van der Waals surface area contributed by atoms with Crippen LogP contribution in [-0.4, -0.2) is 53.3 Å². The lowest BCUT2D eigenvalue weighted by Gasteiger charge is -2.37. The fourth-order valence-corrected chi connectivity index (χ4v) is 5.12. The molecule has 4 N–H and O–H groups in total. The number of aliphatic hydroxyl groups excluding tert-OH is 1. The van der Waals surface area contributed by atoms with Crippen molar-refractivity contribution in [1.29, 1.82) is 0 Å². The minimum absolute atomic E-state index is 0.00377. The van der Waals surface area contributed by atoms with E-state index in [1.807, 2.05) is 85.9 Å². The molecule has 228 valence electrons. The highest BCUT2D eigenvalue weighted by Crippen LogP contribution is 2.38. The summed E-state index contributed by atoms with van der Waals surface area (Å²) in [7, 11) is 2.05. The molecular formula is C34H41N3O6. The second kappa shape index (κ2) is 16.1. The number of carbonyl (C=O) groups is 2. The van der Waals surface area contributed by atoms with Crippen molar-refractivity contribution in [1.82, 2.24) is 15.7 Å². The zero-order valence-corrected chi connectivity index (χ0v) is 24.6. The highest BCUT2D eigenvalue weighted by molar-refractivity contribution is 5.78. The largest absolute Gasteiger partial charge is 0.392 e. The molecule has 0 saturated carbocycles. The van der Waals surface area contributed by atoms with Crippen LogP contribution >= 0.6 is 0 Å². The number of ether oxygens (including phenoxy) is 2. The van der Waals surface area contributed by atoms with Gasteiger partial charge in [0.25, 0.3) is 0 Å². The van der Waals surface area contributed by atoms with Crippen molar-refractivity contribution in [3.05, 3.63) is 108 Å². The Morgan fingerprint density at radius 1 is 0.953 bits per heavy atom. The summed E-state index contributed by atoms with van der Waals surface area (Å²) >= 11 is 0. The van der Waals surface area contributed by atoms with E-state index in [2.05, 4.69) is 16.8 Å². The van der Waals surface area contributed by atoms with Gasteiger partial charge in [0.15, 0.2) is 6.29 Å². The van der Waals surface area contributed by atoms with Gasteiger partial charge in [0.1, 0.15) is 0 Å². The highest BCUT2D eigenvalue weighted by atomic mass is 16.7. The predicted octanol–water partition coefficient (Wildman–Crippen LogP) is 4.80. The molecular weight excluding hydrogens is 546 g/mol. The van der Waals surface area contributed by atoms with Gasteiger partial charge >= 0.3 is 0 Å². The van der Waals surface area contributed by atoms with Gasteiger partial charge in [-0.1, -0.05) is 72.8 Å². The molecule has 3 atom stereocenters. The summed E-state index contributed by atoms with van der Waals surface area (Å²) in [5.41, 5.74) is 7.42. The first-order valence-electron chi connectivity index (χ1n) is 14.6. The molecule has 0 unspecified atom stereocenters. The van der Waals surface area contributed by atoms with E-state index in [0.717, 1.165) is 52.9 Å². The van der Waals surface area contributed by atoms with Crippen LogP contribution in [0, 0.1) is 0 Å². The molecule has 2 amide bonds. The van der Waals surface area contributed by atoms with E-state index in [9.17, 15) is 14.7 Å². The van der Waals surface area contributed by atoms with Crippen molar-refractivity contribution < 1.29 is 29.4 Å². The molecule has 1 aliphatic heterocycles. The summed E-state index contributed by atoms with van der Waals surface area (Å²) in [5, 5.41) is 20.9. The van der Waals surface area contributed by atoms with Gasteiger partial charge in [-0.25, -0.2) is 5.48 Å².